The molecule has 0 unspecified atom stereocenters. The fourth-order valence-corrected chi connectivity index (χ4v) is 2.04. The van der Waals surface area contributed by atoms with Crippen LogP contribution >= 0.6 is 0 Å². The first-order valence-electron chi connectivity index (χ1n) is 7.86. The lowest BCUT2D eigenvalue weighted by Crippen LogP contribution is -2.20. The number of anilines is 2. The van der Waals surface area contributed by atoms with E-state index in [0.29, 0.717) is 35.2 Å². The van der Waals surface area contributed by atoms with Gasteiger partial charge in [0.25, 0.3) is 0 Å². The largest absolute Gasteiger partial charge is 0.491 e. The molecule has 0 atom stereocenters. The number of urea groups is 1. The van der Waals surface area contributed by atoms with Crippen molar-refractivity contribution >= 4 is 23.2 Å². The number of carbonyl (C=O) groups excluding carboxylic acids is 2. The summed E-state index contributed by atoms with van der Waals surface area (Å²) in [6.45, 7) is 6.09. The van der Waals surface area contributed by atoms with E-state index >= 15 is 0 Å². The quantitative estimate of drug-likeness (QED) is 0.764. The number of nitrogens with one attached hydrogen (secondary N) is 2. The fraction of sp³-hybridized carbons (Fsp3) is 0.263. The molecular weight excluding hydrogens is 304 g/mol. The van der Waals surface area contributed by atoms with Crippen LogP contribution in [0, 0.1) is 5.92 Å². The van der Waals surface area contributed by atoms with E-state index in [9.17, 15) is 9.59 Å². The second-order valence-electron chi connectivity index (χ2n) is 5.92. The summed E-state index contributed by atoms with van der Waals surface area (Å²) < 4.78 is 5.73. The number of hydrogen-bond acceptors (Lipinski definition) is 3. The average Bonchev–Trinajstić information content (AvgIpc) is 2.54. The highest BCUT2D eigenvalue weighted by atomic mass is 16.5. The second-order valence-corrected chi connectivity index (χ2v) is 5.92. The average molecular weight is 326 g/mol. The molecule has 0 saturated carbocycles. The van der Waals surface area contributed by atoms with Crippen LogP contribution in [0.3, 0.4) is 0 Å². The van der Waals surface area contributed by atoms with E-state index < -0.39 is 6.03 Å². The molecule has 0 aliphatic rings. The van der Waals surface area contributed by atoms with Gasteiger partial charge >= 0.3 is 6.03 Å². The molecule has 0 aliphatic carbocycles. The maximum atomic E-state index is 12.2. The molecule has 126 valence electrons. The summed E-state index contributed by atoms with van der Waals surface area (Å²) in [5.41, 5.74) is 1.67. The monoisotopic (exact) mass is 326 g/mol. The minimum absolute atomic E-state index is 0.0723. The Morgan fingerprint density at radius 1 is 1.04 bits per heavy atom. The number of ether oxygens (including phenoxy) is 1. The van der Waals surface area contributed by atoms with Gasteiger partial charge in [-0.2, -0.15) is 0 Å². The van der Waals surface area contributed by atoms with Gasteiger partial charge in [-0.3, -0.25) is 4.79 Å². The van der Waals surface area contributed by atoms with E-state index in [1.54, 1.807) is 30.3 Å². The van der Waals surface area contributed by atoms with Crippen molar-refractivity contribution in [2.24, 2.45) is 5.92 Å². The summed E-state index contributed by atoms with van der Waals surface area (Å²) in [5.74, 6) is 0.817. The summed E-state index contributed by atoms with van der Waals surface area (Å²) in [7, 11) is 0. The van der Waals surface area contributed by atoms with Gasteiger partial charge in [0.2, 0.25) is 0 Å². The normalized spacial score (nSPS) is 10.3. The highest BCUT2D eigenvalue weighted by Gasteiger charge is 2.12. The summed E-state index contributed by atoms with van der Waals surface area (Å²) in [6.07, 6.45) is 0. The van der Waals surface area contributed by atoms with E-state index in [4.69, 9.17) is 4.74 Å². The molecule has 0 radical (unpaired) electrons. The van der Waals surface area contributed by atoms with Crippen molar-refractivity contribution in [2.75, 3.05) is 17.2 Å². The van der Waals surface area contributed by atoms with Crippen LogP contribution in [-0.2, 0) is 0 Å². The van der Waals surface area contributed by atoms with Gasteiger partial charge in [0.05, 0.1) is 12.3 Å². The lowest BCUT2D eigenvalue weighted by atomic mass is 10.1. The summed E-state index contributed by atoms with van der Waals surface area (Å²) >= 11 is 0. The van der Waals surface area contributed by atoms with Crippen LogP contribution in [-0.4, -0.2) is 18.4 Å². The number of ketones is 1. The molecule has 0 aliphatic heterocycles. The number of Topliss-reactive ketones (excluding diaryl/α,β-unsaturated/α-hetero) is 1. The van der Waals surface area contributed by atoms with Gasteiger partial charge in [-0.05, 0) is 43.2 Å². The van der Waals surface area contributed by atoms with Crippen molar-refractivity contribution in [3.63, 3.8) is 0 Å². The molecule has 5 nitrogen and oxygen atoms in total. The number of hydrogen-bond donors (Lipinski definition) is 2. The van der Waals surface area contributed by atoms with Crippen molar-refractivity contribution in [1.82, 2.24) is 0 Å². The third-order valence-corrected chi connectivity index (χ3v) is 3.24. The summed E-state index contributed by atoms with van der Waals surface area (Å²) in [5, 5.41) is 5.49. The van der Waals surface area contributed by atoms with E-state index in [2.05, 4.69) is 10.6 Å². The van der Waals surface area contributed by atoms with Gasteiger partial charge in [0.15, 0.2) is 5.78 Å². The number of amides is 2. The molecule has 2 N–H and O–H groups in total. The lowest BCUT2D eigenvalue weighted by Gasteiger charge is -2.15. The minimum Gasteiger partial charge on any atom is -0.491 e. The molecule has 0 heterocycles. The Bertz CT molecular complexity index is 712. The van der Waals surface area contributed by atoms with Crippen molar-refractivity contribution < 1.29 is 14.3 Å². The Balaban J connectivity index is 2.17. The highest BCUT2D eigenvalue weighted by molar-refractivity contribution is 6.02. The van der Waals surface area contributed by atoms with Crippen molar-refractivity contribution in [3.8, 4) is 5.75 Å². The first kappa shape index (κ1) is 17.5. The molecule has 2 rings (SSSR count). The van der Waals surface area contributed by atoms with Gasteiger partial charge in [-0.15, -0.1) is 0 Å². The molecule has 2 amide bonds. The molecular formula is C19H22N2O3. The molecule has 0 spiro atoms. The summed E-state index contributed by atoms with van der Waals surface area (Å²) in [6, 6.07) is 13.8. The zero-order chi connectivity index (χ0) is 17.5. The Labute approximate surface area is 142 Å². The van der Waals surface area contributed by atoms with Crippen LogP contribution < -0.4 is 15.4 Å². The van der Waals surface area contributed by atoms with Crippen molar-refractivity contribution in [1.29, 1.82) is 0 Å². The van der Waals surface area contributed by atoms with E-state index in [-0.39, 0.29) is 5.78 Å². The van der Waals surface area contributed by atoms with Crippen LogP contribution in [0.25, 0.3) is 0 Å². The standard InChI is InChI=1S/C19H22N2O3/c1-13(2)12-24-18-10-9-15(14(3)22)11-17(18)21-19(23)20-16-7-5-4-6-8-16/h4-11,13H,12H2,1-3H3,(H2,20,21,23). The maximum Gasteiger partial charge on any atom is 0.323 e. The molecule has 0 bridgehead atoms. The van der Waals surface area contributed by atoms with E-state index in [1.807, 2.05) is 32.0 Å². The number of carbonyl (C=O) groups is 2. The van der Waals surface area contributed by atoms with E-state index in [1.165, 1.54) is 6.92 Å². The molecule has 0 aromatic heterocycles. The third-order valence-electron chi connectivity index (χ3n) is 3.24. The second kappa shape index (κ2) is 8.15. The fourth-order valence-electron chi connectivity index (χ4n) is 2.04. The molecule has 0 fully saturated rings. The maximum absolute atomic E-state index is 12.2. The zero-order valence-corrected chi connectivity index (χ0v) is 14.1. The van der Waals surface area contributed by atoms with Crippen molar-refractivity contribution in [3.05, 3.63) is 54.1 Å². The van der Waals surface area contributed by atoms with Gasteiger partial charge in [0.1, 0.15) is 5.75 Å². The lowest BCUT2D eigenvalue weighted by molar-refractivity contribution is 0.101. The van der Waals surface area contributed by atoms with Crippen LogP contribution in [0.4, 0.5) is 16.2 Å². The van der Waals surface area contributed by atoms with Crippen LogP contribution in [0.2, 0.25) is 0 Å². The van der Waals surface area contributed by atoms with Gasteiger partial charge < -0.3 is 15.4 Å². The molecule has 2 aromatic carbocycles. The van der Waals surface area contributed by atoms with Gasteiger partial charge in [0, 0.05) is 11.3 Å². The SMILES string of the molecule is CC(=O)c1ccc(OCC(C)C)c(NC(=O)Nc2ccccc2)c1. The van der Waals surface area contributed by atoms with Crippen LogP contribution in [0.5, 0.6) is 5.75 Å². The molecule has 5 heteroatoms. The smallest absolute Gasteiger partial charge is 0.323 e. The number of para-hydroxylation sites is 1. The Kier molecular flexibility index (Phi) is 5.95. The minimum atomic E-state index is -0.392. The molecule has 2 aromatic rings. The first-order chi connectivity index (χ1) is 11.5. The van der Waals surface area contributed by atoms with Crippen molar-refractivity contribution in [2.45, 2.75) is 20.8 Å². The molecule has 24 heavy (non-hydrogen) atoms. The Morgan fingerprint density at radius 3 is 2.38 bits per heavy atom. The van der Waals surface area contributed by atoms with Gasteiger partial charge in [-0.1, -0.05) is 32.0 Å². The number of benzene rings is 2. The Hall–Kier alpha value is -2.82. The first-order valence-corrected chi connectivity index (χ1v) is 7.86. The highest BCUT2D eigenvalue weighted by Crippen LogP contribution is 2.27. The third kappa shape index (κ3) is 5.12. The molecule has 0 saturated heterocycles. The Morgan fingerprint density at radius 2 is 1.75 bits per heavy atom. The van der Waals surface area contributed by atoms with E-state index in [0.717, 1.165) is 0 Å². The summed E-state index contributed by atoms with van der Waals surface area (Å²) in [4.78, 5) is 23.8. The predicted octanol–water partition coefficient (Wildman–Crippen LogP) is 4.57. The topological polar surface area (TPSA) is 67.4 Å². The van der Waals surface area contributed by atoms with Crippen LogP contribution in [0.15, 0.2) is 48.5 Å². The predicted molar refractivity (Wildman–Crippen MR) is 95.9 cm³/mol. The zero-order valence-electron chi connectivity index (χ0n) is 14.1. The van der Waals surface area contributed by atoms with Gasteiger partial charge in [-0.25, -0.2) is 4.79 Å². The number of rotatable bonds is 6. The van der Waals surface area contributed by atoms with Crippen LogP contribution in [0.1, 0.15) is 31.1 Å².